The fourth-order valence-corrected chi connectivity index (χ4v) is 1.91. The molecule has 0 spiro atoms. The van der Waals surface area contributed by atoms with Crippen LogP contribution in [0.25, 0.3) is 0 Å². The van der Waals surface area contributed by atoms with Gasteiger partial charge in [0, 0.05) is 12.7 Å². The lowest BCUT2D eigenvalue weighted by Gasteiger charge is -2.25. The number of benzene rings is 1. The quantitative estimate of drug-likeness (QED) is 0.859. The van der Waals surface area contributed by atoms with Crippen LogP contribution in [0.3, 0.4) is 0 Å². The Morgan fingerprint density at radius 1 is 1.47 bits per heavy atom. The molecule has 5 heteroatoms. The second-order valence-electron chi connectivity index (χ2n) is 4.56. The number of aryl methyl sites for hydroxylation is 1. The molecular formula is C14H17N3O2. The van der Waals surface area contributed by atoms with Crippen molar-refractivity contribution >= 4 is 11.6 Å². The summed E-state index contributed by atoms with van der Waals surface area (Å²) in [5.74, 6) is 0.408. The summed E-state index contributed by atoms with van der Waals surface area (Å²) in [5.41, 5.74) is 7.92. The van der Waals surface area contributed by atoms with Crippen molar-refractivity contribution < 1.29 is 9.32 Å². The van der Waals surface area contributed by atoms with E-state index in [4.69, 9.17) is 10.3 Å². The van der Waals surface area contributed by atoms with Gasteiger partial charge in [0.25, 0.3) is 5.91 Å². The number of nitrogens with two attached hydrogens (primary N) is 1. The zero-order chi connectivity index (χ0) is 14.0. The van der Waals surface area contributed by atoms with Crippen LogP contribution in [0.2, 0.25) is 0 Å². The van der Waals surface area contributed by atoms with Gasteiger partial charge in [0.05, 0.1) is 12.2 Å². The van der Waals surface area contributed by atoms with Gasteiger partial charge in [-0.15, -0.1) is 0 Å². The van der Waals surface area contributed by atoms with E-state index in [1.807, 2.05) is 31.2 Å². The third-order valence-corrected chi connectivity index (χ3v) is 3.28. The van der Waals surface area contributed by atoms with Gasteiger partial charge in [-0.05, 0) is 31.5 Å². The number of carbonyl (C=O) groups is 1. The molecule has 0 saturated carbocycles. The molecular weight excluding hydrogens is 242 g/mol. The second kappa shape index (κ2) is 5.14. The Balaban J connectivity index is 2.22. The fourth-order valence-electron chi connectivity index (χ4n) is 1.91. The molecule has 2 aromatic rings. The maximum Gasteiger partial charge on any atom is 0.259 e. The van der Waals surface area contributed by atoms with Crippen LogP contribution in [0.1, 0.15) is 34.6 Å². The van der Waals surface area contributed by atoms with Gasteiger partial charge in [-0.2, -0.15) is 0 Å². The van der Waals surface area contributed by atoms with Crippen LogP contribution < -0.4 is 5.73 Å². The van der Waals surface area contributed by atoms with E-state index in [-0.39, 0.29) is 11.9 Å². The molecule has 0 saturated heterocycles. The Morgan fingerprint density at radius 2 is 2.21 bits per heavy atom. The smallest absolute Gasteiger partial charge is 0.259 e. The van der Waals surface area contributed by atoms with Crippen LogP contribution in [0, 0.1) is 6.92 Å². The van der Waals surface area contributed by atoms with Crippen molar-refractivity contribution in [3.63, 3.8) is 0 Å². The van der Waals surface area contributed by atoms with Gasteiger partial charge in [0.15, 0.2) is 0 Å². The van der Waals surface area contributed by atoms with Crippen molar-refractivity contribution in [3.05, 3.63) is 47.3 Å². The van der Waals surface area contributed by atoms with Crippen LogP contribution >= 0.6 is 0 Å². The highest BCUT2D eigenvalue weighted by Gasteiger charge is 2.22. The van der Waals surface area contributed by atoms with Gasteiger partial charge in [-0.25, -0.2) is 0 Å². The molecule has 2 rings (SSSR count). The average Bonchev–Trinajstić information content (AvgIpc) is 2.82. The Morgan fingerprint density at radius 3 is 2.79 bits per heavy atom. The number of nitrogens with zero attached hydrogens (tertiary/aromatic N) is 2. The summed E-state index contributed by atoms with van der Waals surface area (Å²) in [7, 11) is 1.75. The number of hydrogen-bond donors (Lipinski definition) is 1. The number of aromatic nitrogens is 1. The molecule has 19 heavy (non-hydrogen) atoms. The molecule has 0 aliphatic carbocycles. The van der Waals surface area contributed by atoms with E-state index in [0.29, 0.717) is 17.0 Å². The predicted molar refractivity (Wildman–Crippen MR) is 72.6 cm³/mol. The van der Waals surface area contributed by atoms with E-state index in [2.05, 4.69) is 5.16 Å². The van der Waals surface area contributed by atoms with Gasteiger partial charge in [0.2, 0.25) is 0 Å². The second-order valence-corrected chi connectivity index (χ2v) is 4.56. The SMILES string of the molecule is Cc1oncc1C(=O)N(C)C(C)c1cccc(N)c1. The zero-order valence-electron chi connectivity index (χ0n) is 11.3. The molecule has 1 atom stereocenters. The normalized spacial score (nSPS) is 12.2. The molecule has 2 N–H and O–H groups in total. The van der Waals surface area contributed by atoms with Crippen LogP contribution in [0.15, 0.2) is 35.0 Å². The van der Waals surface area contributed by atoms with Crippen molar-refractivity contribution in [2.24, 2.45) is 0 Å². The predicted octanol–water partition coefficient (Wildman–Crippen LogP) is 2.40. The summed E-state index contributed by atoms with van der Waals surface area (Å²) in [6.07, 6.45) is 1.44. The van der Waals surface area contributed by atoms with Crippen molar-refractivity contribution in [2.75, 3.05) is 12.8 Å². The van der Waals surface area contributed by atoms with Crippen LogP contribution in [-0.2, 0) is 0 Å². The first-order valence-corrected chi connectivity index (χ1v) is 6.04. The minimum Gasteiger partial charge on any atom is -0.399 e. The number of nitrogen functional groups attached to an aromatic ring is 1. The van der Waals surface area contributed by atoms with Crippen molar-refractivity contribution in [1.29, 1.82) is 0 Å². The molecule has 0 aliphatic rings. The summed E-state index contributed by atoms with van der Waals surface area (Å²) in [6.45, 7) is 3.68. The number of carbonyl (C=O) groups excluding carboxylic acids is 1. The molecule has 5 nitrogen and oxygen atoms in total. The Kier molecular flexibility index (Phi) is 3.55. The summed E-state index contributed by atoms with van der Waals surface area (Å²) in [5, 5.41) is 3.63. The molecule has 0 fully saturated rings. The standard InChI is InChI=1S/C14H17N3O2/c1-9(11-5-4-6-12(15)7-11)17(3)14(18)13-8-16-19-10(13)2/h4-9H,15H2,1-3H3. The van der Waals surface area contributed by atoms with E-state index in [9.17, 15) is 4.79 Å². The van der Waals surface area contributed by atoms with Crippen molar-refractivity contribution in [1.82, 2.24) is 10.1 Å². The highest BCUT2D eigenvalue weighted by molar-refractivity contribution is 5.94. The lowest BCUT2D eigenvalue weighted by atomic mass is 10.1. The van der Waals surface area contributed by atoms with Gasteiger partial charge in [0.1, 0.15) is 11.3 Å². The third kappa shape index (κ3) is 2.59. The number of anilines is 1. The number of rotatable bonds is 3. The molecule has 100 valence electrons. The van der Waals surface area contributed by atoms with Crippen LogP contribution in [0.5, 0.6) is 0 Å². The zero-order valence-corrected chi connectivity index (χ0v) is 11.3. The summed E-state index contributed by atoms with van der Waals surface area (Å²) < 4.78 is 4.92. The minimum absolute atomic E-state index is 0.0784. The van der Waals surface area contributed by atoms with E-state index < -0.39 is 0 Å². The van der Waals surface area contributed by atoms with Gasteiger partial charge >= 0.3 is 0 Å². The van der Waals surface area contributed by atoms with E-state index >= 15 is 0 Å². The monoisotopic (exact) mass is 259 g/mol. The highest BCUT2D eigenvalue weighted by Crippen LogP contribution is 2.23. The number of amides is 1. The van der Waals surface area contributed by atoms with Gasteiger partial charge in [-0.1, -0.05) is 17.3 Å². The minimum atomic E-state index is -0.117. The van der Waals surface area contributed by atoms with Gasteiger partial charge < -0.3 is 15.2 Å². The molecule has 1 aromatic carbocycles. The average molecular weight is 259 g/mol. The molecule has 1 heterocycles. The first-order valence-electron chi connectivity index (χ1n) is 6.04. The molecule has 0 bridgehead atoms. The molecule has 1 amide bonds. The molecule has 1 aromatic heterocycles. The molecule has 0 radical (unpaired) electrons. The first kappa shape index (κ1) is 13.1. The lowest BCUT2D eigenvalue weighted by Crippen LogP contribution is -2.29. The Hall–Kier alpha value is -2.30. The van der Waals surface area contributed by atoms with Gasteiger partial charge in [-0.3, -0.25) is 4.79 Å². The number of hydrogen-bond acceptors (Lipinski definition) is 4. The fraction of sp³-hybridized carbons (Fsp3) is 0.286. The maximum absolute atomic E-state index is 12.3. The van der Waals surface area contributed by atoms with Crippen LogP contribution in [-0.4, -0.2) is 23.0 Å². The topological polar surface area (TPSA) is 72.4 Å². The van der Waals surface area contributed by atoms with Crippen LogP contribution in [0.4, 0.5) is 5.69 Å². The largest absolute Gasteiger partial charge is 0.399 e. The third-order valence-electron chi connectivity index (χ3n) is 3.28. The Bertz CT molecular complexity index is 592. The summed E-state index contributed by atoms with van der Waals surface area (Å²) in [4.78, 5) is 14.0. The molecule has 0 aliphatic heterocycles. The lowest BCUT2D eigenvalue weighted by molar-refractivity contribution is 0.0741. The van der Waals surface area contributed by atoms with E-state index in [1.165, 1.54) is 6.20 Å². The first-order chi connectivity index (χ1) is 9.00. The van der Waals surface area contributed by atoms with E-state index in [1.54, 1.807) is 18.9 Å². The molecule has 1 unspecified atom stereocenters. The highest BCUT2D eigenvalue weighted by atomic mass is 16.5. The van der Waals surface area contributed by atoms with Crippen molar-refractivity contribution in [3.8, 4) is 0 Å². The maximum atomic E-state index is 12.3. The summed E-state index contributed by atoms with van der Waals surface area (Å²) >= 11 is 0. The Labute approximate surface area is 112 Å². The van der Waals surface area contributed by atoms with E-state index in [0.717, 1.165) is 5.56 Å². The summed E-state index contributed by atoms with van der Waals surface area (Å²) in [6, 6.07) is 7.44. The van der Waals surface area contributed by atoms with Crippen molar-refractivity contribution in [2.45, 2.75) is 19.9 Å².